The molecule has 2 fully saturated rings. The minimum atomic E-state index is 0.301. The molecule has 2 aliphatic heterocycles. The summed E-state index contributed by atoms with van der Waals surface area (Å²) in [7, 11) is 0. The summed E-state index contributed by atoms with van der Waals surface area (Å²) in [5.74, 6) is 0.912. The highest BCUT2D eigenvalue weighted by Crippen LogP contribution is 2.21. The molecule has 0 bridgehead atoms. The van der Waals surface area contributed by atoms with E-state index in [-0.39, 0.29) is 0 Å². The maximum Gasteiger partial charge on any atom is 0.142 e. The summed E-state index contributed by atoms with van der Waals surface area (Å²) >= 11 is 0. The second-order valence-corrected chi connectivity index (χ2v) is 4.70. The van der Waals surface area contributed by atoms with Gasteiger partial charge in [-0.25, -0.2) is 0 Å². The lowest BCUT2D eigenvalue weighted by molar-refractivity contribution is 0.253. The van der Waals surface area contributed by atoms with Crippen molar-refractivity contribution < 1.29 is 9.47 Å². The Labute approximate surface area is 102 Å². The molecular weight excluding hydrogens is 216 g/mol. The minimum absolute atomic E-state index is 0.301. The normalized spacial score (nSPS) is 23.9. The van der Waals surface area contributed by atoms with Gasteiger partial charge in [-0.3, -0.25) is 9.88 Å². The van der Waals surface area contributed by atoms with E-state index in [9.17, 15) is 0 Å². The molecule has 4 nitrogen and oxygen atoms in total. The van der Waals surface area contributed by atoms with Crippen molar-refractivity contribution in [3.05, 3.63) is 24.0 Å². The third kappa shape index (κ3) is 2.96. The summed E-state index contributed by atoms with van der Waals surface area (Å²) in [4.78, 5) is 6.87. The first-order valence-corrected chi connectivity index (χ1v) is 6.32. The maximum atomic E-state index is 5.76. The molecule has 0 radical (unpaired) electrons. The highest BCUT2D eigenvalue weighted by Gasteiger charge is 2.24. The topological polar surface area (TPSA) is 37.9 Å². The molecule has 4 heteroatoms. The van der Waals surface area contributed by atoms with Gasteiger partial charge in [-0.05, 0) is 38.1 Å². The monoisotopic (exact) mass is 234 g/mol. The van der Waals surface area contributed by atoms with Gasteiger partial charge >= 0.3 is 0 Å². The predicted octanol–water partition coefficient (Wildman–Crippen LogP) is 1.45. The van der Waals surface area contributed by atoms with E-state index in [0.717, 1.165) is 24.6 Å². The van der Waals surface area contributed by atoms with Crippen LogP contribution in [-0.2, 0) is 11.3 Å². The highest BCUT2D eigenvalue weighted by atomic mass is 16.6. The van der Waals surface area contributed by atoms with E-state index in [2.05, 4.69) is 9.88 Å². The fourth-order valence-corrected chi connectivity index (χ4v) is 2.17. The predicted molar refractivity (Wildman–Crippen MR) is 64.0 cm³/mol. The van der Waals surface area contributed by atoms with Crippen LogP contribution in [0.4, 0.5) is 0 Å². The number of likely N-dealkylation sites (tertiary alicyclic amines) is 1. The van der Waals surface area contributed by atoms with Crippen molar-refractivity contribution in [1.82, 2.24) is 9.88 Å². The molecule has 1 aromatic rings. The van der Waals surface area contributed by atoms with Crippen molar-refractivity contribution in [1.29, 1.82) is 0 Å². The molecule has 0 N–H and O–H groups in total. The lowest BCUT2D eigenvalue weighted by atomic mass is 10.3. The van der Waals surface area contributed by atoms with E-state index in [1.807, 2.05) is 18.3 Å². The van der Waals surface area contributed by atoms with Crippen LogP contribution in [-0.4, -0.2) is 42.3 Å². The summed E-state index contributed by atoms with van der Waals surface area (Å²) in [6.45, 7) is 4.76. The van der Waals surface area contributed by atoms with Gasteiger partial charge in [-0.2, -0.15) is 0 Å². The second kappa shape index (κ2) is 5.02. The number of nitrogens with zero attached hydrogens (tertiary/aromatic N) is 2. The van der Waals surface area contributed by atoms with Crippen LogP contribution < -0.4 is 4.74 Å². The van der Waals surface area contributed by atoms with Crippen molar-refractivity contribution in [3.8, 4) is 5.75 Å². The van der Waals surface area contributed by atoms with Crippen LogP contribution >= 0.6 is 0 Å². The number of hydrogen-bond acceptors (Lipinski definition) is 4. The molecule has 0 spiro atoms. The molecule has 3 rings (SSSR count). The van der Waals surface area contributed by atoms with E-state index in [4.69, 9.17) is 9.47 Å². The van der Waals surface area contributed by atoms with Crippen molar-refractivity contribution >= 4 is 0 Å². The number of ether oxygens (including phenoxy) is 2. The molecule has 3 heterocycles. The fourth-order valence-electron chi connectivity index (χ4n) is 2.17. The Kier molecular flexibility index (Phi) is 3.25. The molecule has 0 aliphatic carbocycles. The molecule has 0 saturated carbocycles. The lowest BCUT2D eigenvalue weighted by Crippen LogP contribution is -2.20. The molecule has 92 valence electrons. The van der Waals surface area contributed by atoms with Gasteiger partial charge in [0, 0.05) is 12.7 Å². The van der Waals surface area contributed by atoms with Gasteiger partial charge in [0.1, 0.15) is 18.5 Å². The van der Waals surface area contributed by atoms with Gasteiger partial charge in [0.15, 0.2) is 0 Å². The van der Waals surface area contributed by atoms with E-state index in [1.165, 1.54) is 25.9 Å². The van der Waals surface area contributed by atoms with Gasteiger partial charge in [-0.15, -0.1) is 0 Å². The van der Waals surface area contributed by atoms with Gasteiger partial charge in [0.25, 0.3) is 0 Å². The average Bonchev–Trinajstić information content (AvgIpc) is 3.05. The van der Waals surface area contributed by atoms with Gasteiger partial charge in [0.05, 0.1) is 12.3 Å². The molecule has 0 aromatic carbocycles. The largest absolute Gasteiger partial charge is 0.489 e. The third-order valence-corrected chi connectivity index (χ3v) is 3.25. The Hall–Kier alpha value is -1.13. The van der Waals surface area contributed by atoms with Crippen molar-refractivity contribution in [2.45, 2.75) is 25.5 Å². The summed E-state index contributed by atoms with van der Waals surface area (Å²) < 4.78 is 10.9. The maximum absolute atomic E-state index is 5.76. The van der Waals surface area contributed by atoms with Gasteiger partial charge in [-0.1, -0.05) is 0 Å². The zero-order valence-electron chi connectivity index (χ0n) is 9.97. The van der Waals surface area contributed by atoms with Crippen LogP contribution in [0.5, 0.6) is 5.75 Å². The SMILES string of the molecule is c1cnc(CN2CCCC2)c(OC[C@@H]2CO2)c1. The molecule has 2 aliphatic rings. The Morgan fingerprint density at radius 3 is 3.00 bits per heavy atom. The molecule has 1 atom stereocenters. The summed E-state index contributed by atoms with van der Waals surface area (Å²) in [6.07, 6.45) is 4.75. The van der Waals surface area contributed by atoms with Crippen LogP contribution in [0.3, 0.4) is 0 Å². The van der Waals surface area contributed by atoms with Crippen LogP contribution in [0.25, 0.3) is 0 Å². The molecule has 1 aromatic heterocycles. The van der Waals surface area contributed by atoms with Crippen LogP contribution in [0.15, 0.2) is 18.3 Å². The fraction of sp³-hybridized carbons (Fsp3) is 0.615. The van der Waals surface area contributed by atoms with Crippen molar-refractivity contribution in [2.24, 2.45) is 0 Å². The Morgan fingerprint density at radius 2 is 2.24 bits per heavy atom. The van der Waals surface area contributed by atoms with E-state index in [0.29, 0.717) is 12.7 Å². The third-order valence-electron chi connectivity index (χ3n) is 3.25. The molecule has 2 saturated heterocycles. The Balaban J connectivity index is 1.63. The molecule has 0 amide bonds. The smallest absolute Gasteiger partial charge is 0.142 e. The first-order chi connectivity index (χ1) is 8.42. The number of hydrogen-bond donors (Lipinski definition) is 0. The molecule has 17 heavy (non-hydrogen) atoms. The lowest BCUT2D eigenvalue weighted by Gasteiger charge is -2.16. The quantitative estimate of drug-likeness (QED) is 0.723. The van der Waals surface area contributed by atoms with Gasteiger partial charge in [0.2, 0.25) is 0 Å². The Bertz CT molecular complexity index is 373. The molecule has 0 unspecified atom stereocenters. The van der Waals surface area contributed by atoms with Crippen molar-refractivity contribution in [2.75, 3.05) is 26.3 Å². The number of epoxide rings is 1. The first kappa shape index (κ1) is 11.0. The number of rotatable bonds is 5. The summed E-state index contributed by atoms with van der Waals surface area (Å²) in [6, 6.07) is 3.93. The van der Waals surface area contributed by atoms with E-state index >= 15 is 0 Å². The van der Waals surface area contributed by atoms with Crippen LogP contribution in [0, 0.1) is 0 Å². The zero-order chi connectivity index (χ0) is 11.5. The number of aromatic nitrogens is 1. The summed E-state index contributed by atoms with van der Waals surface area (Å²) in [5.41, 5.74) is 1.05. The summed E-state index contributed by atoms with van der Waals surface area (Å²) in [5, 5.41) is 0. The van der Waals surface area contributed by atoms with Crippen LogP contribution in [0.2, 0.25) is 0 Å². The van der Waals surface area contributed by atoms with Crippen LogP contribution in [0.1, 0.15) is 18.5 Å². The van der Waals surface area contributed by atoms with E-state index in [1.54, 1.807) is 0 Å². The second-order valence-electron chi connectivity index (χ2n) is 4.70. The van der Waals surface area contributed by atoms with Crippen molar-refractivity contribution in [3.63, 3.8) is 0 Å². The first-order valence-electron chi connectivity index (χ1n) is 6.32. The highest BCUT2D eigenvalue weighted by molar-refractivity contribution is 5.27. The van der Waals surface area contributed by atoms with E-state index < -0.39 is 0 Å². The average molecular weight is 234 g/mol. The number of pyridine rings is 1. The molecular formula is C13H18N2O2. The Morgan fingerprint density at radius 1 is 1.41 bits per heavy atom. The van der Waals surface area contributed by atoms with Gasteiger partial charge < -0.3 is 9.47 Å². The standard InChI is InChI=1S/C13H18N2O2/c1-2-7-15(6-1)8-12-13(4-3-5-14-12)17-10-11-9-16-11/h3-5,11H,1-2,6-10H2/t11-/m0/s1. The zero-order valence-corrected chi connectivity index (χ0v) is 9.97. The minimum Gasteiger partial charge on any atom is -0.489 e.